The molecule has 0 bridgehead atoms. The molecular formula is C15H20Cl2N4O2. The minimum atomic E-state index is -0.169. The first-order chi connectivity index (χ1) is 10.7. The molecule has 2 aromatic rings. The predicted molar refractivity (Wildman–Crippen MR) is 93.4 cm³/mol. The van der Waals surface area contributed by atoms with Crippen LogP contribution in [-0.2, 0) is 4.74 Å². The van der Waals surface area contributed by atoms with Crippen molar-refractivity contribution in [1.29, 1.82) is 0 Å². The maximum atomic E-state index is 12.2. The predicted octanol–water partition coefficient (Wildman–Crippen LogP) is 2.12. The number of benzene rings is 1. The molecule has 1 aromatic carbocycles. The van der Waals surface area contributed by atoms with Gasteiger partial charge >= 0.3 is 0 Å². The Labute approximate surface area is 146 Å². The van der Waals surface area contributed by atoms with Crippen molar-refractivity contribution in [1.82, 2.24) is 20.8 Å². The summed E-state index contributed by atoms with van der Waals surface area (Å²) in [5, 5.41) is 13.4. The molecule has 8 heteroatoms. The molecule has 23 heavy (non-hydrogen) atoms. The zero-order chi connectivity index (χ0) is 15.8. The van der Waals surface area contributed by atoms with Gasteiger partial charge in [0.2, 0.25) is 0 Å². The number of hydrogen-bond acceptors (Lipinski definition) is 4. The average molecular weight is 359 g/mol. The Bertz CT molecular complexity index is 619. The second kappa shape index (κ2) is 10.2. The molecule has 126 valence electrons. The van der Waals surface area contributed by atoms with Crippen LogP contribution >= 0.6 is 24.0 Å². The van der Waals surface area contributed by atoms with Gasteiger partial charge in [0.15, 0.2) is 0 Å². The van der Waals surface area contributed by atoms with Gasteiger partial charge in [-0.25, -0.2) is 0 Å². The van der Waals surface area contributed by atoms with E-state index in [4.69, 9.17) is 16.3 Å². The number of aromatic amines is 1. The van der Waals surface area contributed by atoms with E-state index in [9.17, 15) is 4.79 Å². The van der Waals surface area contributed by atoms with Crippen LogP contribution in [0.1, 0.15) is 10.4 Å². The number of ether oxygens (including phenoxy) is 1. The highest BCUT2D eigenvalue weighted by atomic mass is 35.5. The molecule has 0 fully saturated rings. The molecule has 0 atom stereocenters. The van der Waals surface area contributed by atoms with Crippen LogP contribution in [-0.4, -0.2) is 49.5 Å². The molecule has 1 heterocycles. The summed E-state index contributed by atoms with van der Waals surface area (Å²) >= 11 is 5.98. The molecule has 1 amide bonds. The second-order valence-corrected chi connectivity index (χ2v) is 5.10. The number of halogens is 2. The Kier molecular flexibility index (Phi) is 8.65. The van der Waals surface area contributed by atoms with E-state index in [0.717, 1.165) is 12.1 Å². The van der Waals surface area contributed by atoms with E-state index in [1.54, 1.807) is 19.2 Å². The molecule has 0 spiro atoms. The van der Waals surface area contributed by atoms with Crippen LogP contribution in [0.2, 0.25) is 5.02 Å². The second-order valence-electron chi connectivity index (χ2n) is 4.67. The number of nitrogens with zero attached hydrogens (tertiary/aromatic N) is 1. The first-order valence-corrected chi connectivity index (χ1v) is 7.37. The van der Waals surface area contributed by atoms with Crippen LogP contribution in [0.3, 0.4) is 0 Å². The lowest BCUT2D eigenvalue weighted by molar-refractivity contribution is 0.0954. The Balaban J connectivity index is 0.00000264. The molecule has 0 saturated heterocycles. The van der Waals surface area contributed by atoms with Gasteiger partial charge in [-0.05, 0) is 12.1 Å². The summed E-state index contributed by atoms with van der Waals surface area (Å²) in [6.07, 6.45) is 1.52. The highest BCUT2D eigenvalue weighted by Crippen LogP contribution is 2.23. The molecule has 0 saturated carbocycles. The molecule has 0 unspecified atom stereocenters. The molecule has 6 nitrogen and oxygen atoms in total. The topological polar surface area (TPSA) is 79.0 Å². The van der Waals surface area contributed by atoms with Crippen LogP contribution < -0.4 is 10.6 Å². The van der Waals surface area contributed by atoms with Crippen LogP contribution in [0.25, 0.3) is 11.3 Å². The number of carbonyl (C=O) groups is 1. The minimum absolute atomic E-state index is 0. The Hall–Kier alpha value is -1.60. The summed E-state index contributed by atoms with van der Waals surface area (Å²) in [6, 6.07) is 7.29. The maximum Gasteiger partial charge on any atom is 0.255 e. The van der Waals surface area contributed by atoms with Crippen molar-refractivity contribution in [2.45, 2.75) is 0 Å². The quantitative estimate of drug-likeness (QED) is 0.631. The number of carbonyl (C=O) groups excluding carboxylic acids is 1. The average Bonchev–Trinajstić information content (AvgIpc) is 3.00. The van der Waals surface area contributed by atoms with Crippen LogP contribution in [0, 0.1) is 0 Å². The van der Waals surface area contributed by atoms with Gasteiger partial charge < -0.3 is 15.4 Å². The summed E-state index contributed by atoms with van der Waals surface area (Å²) in [4.78, 5) is 12.2. The molecule has 0 radical (unpaired) electrons. The standard InChI is InChI=1S/C15H19ClN4O2.ClH/c1-22-8-7-17-5-6-18-15(21)13-10-19-20-14(13)11-3-2-4-12(16)9-11;/h2-4,9-10,17H,5-8H2,1H3,(H,18,21)(H,19,20);1H. The van der Waals surface area contributed by atoms with Gasteiger partial charge in [0.05, 0.1) is 24.1 Å². The third-order valence-electron chi connectivity index (χ3n) is 3.07. The third kappa shape index (κ3) is 5.84. The van der Waals surface area contributed by atoms with E-state index < -0.39 is 0 Å². The fraction of sp³-hybridized carbons (Fsp3) is 0.333. The van der Waals surface area contributed by atoms with Gasteiger partial charge in [-0.1, -0.05) is 23.7 Å². The number of methoxy groups -OCH3 is 1. The van der Waals surface area contributed by atoms with E-state index >= 15 is 0 Å². The van der Waals surface area contributed by atoms with Crippen molar-refractivity contribution in [2.24, 2.45) is 0 Å². The molecular weight excluding hydrogens is 339 g/mol. The molecule has 3 N–H and O–H groups in total. The number of H-pyrrole nitrogens is 1. The van der Waals surface area contributed by atoms with Gasteiger partial charge in [0.1, 0.15) is 0 Å². The van der Waals surface area contributed by atoms with E-state index in [1.165, 1.54) is 6.20 Å². The van der Waals surface area contributed by atoms with Gasteiger partial charge in [0.25, 0.3) is 5.91 Å². The van der Waals surface area contributed by atoms with Crippen LogP contribution in [0.4, 0.5) is 0 Å². The lowest BCUT2D eigenvalue weighted by Gasteiger charge is -2.07. The SMILES string of the molecule is COCCNCCNC(=O)c1cn[nH]c1-c1cccc(Cl)c1.Cl. The zero-order valence-corrected chi connectivity index (χ0v) is 14.3. The van der Waals surface area contributed by atoms with E-state index in [-0.39, 0.29) is 18.3 Å². The molecule has 2 rings (SSSR count). The molecule has 1 aromatic heterocycles. The highest BCUT2D eigenvalue weighted by Gasteiger charge is 2.14. The summed E-state index contributed by atoms with van der Waals surface area (Å²) in [5.41, 5.74) is 1.99. The molecule has 0 aliphatic rings. The lowest BCUT2D eigenvalue weighted by Crippen LogP contribution is -2.33. The smallest absolute Gasteiger partial charge is 0.255 e. The van der Waals surface area contributed by atoms with Crippen molar-refractivity contribution in [2.75, 3.05) is 33.4 Å². The Morgan fingerprint density at radius 2 is 2.17 bits per heavy atom. The summed E-state index contributed by atoms with van der Waals surface area (Å²) in [5.74, 6) is -0.169. The largest absolute Gasteiger partial charge is 0.383 e. The van der Waals surface area contributed by atoms with Crippen LogP contribution in [0.5, 0.6) is 0 Å². The van der Waals surface area contributed by atoms with Gasteiger partial charge in [0, 0.05) is 37.3 Å². The number of rotatable bonds is 8. The van der Waals surface area contributed by atoms with Crippen molar-refractivity contribution in [3.63, 3.8) is 0 Å². The fourth-order valence-corrected chi connectivity index (χ4v) is 2.17. The Morgan fingerprint density at radius 1 is 1.35 bits per heavy atom. The molecule has 0 aliphatic heterocycles. The minimum Gasteiger partial charge on any atom is -0.383 e. The fourth-order valence-electron chi connectivity index (χ4n) is 1.98. The zero-order valence-electron chi connectivity index (χ0n) is 12.8. The monoisotopic (exact) mass is 358 g/mol. The summed E-state index contributed by atoms with van der Waals surface area (Å²) in [6.45, 7) is 2.61. The van der Waals surface area contributed by atoms with Crippen molar-refractivity contribution >= 4 is 29.9 Å². The van der Waals surface area contributed by atoms with Crippen molar-refractivity contribution in [3.05, 3.63) is 41.0 Å². The first kappa shape index (κ1) is 19.4. The van der Waals surface area contributed by atoms with Gasteiger partial charge in [-0.2, -0.15) is 5.10 Å². The van der Waals surface area contributed by atoms with Crippen molar-refractivity contribution < 1.29 is 9.53 Å². The number of hydrogen-bond donors (Lipinski definition) is 3. The lowest BCUT2D eigenvalue weighted by atomic mass is 10.1. The van der Waals surface area contributed by atoms with Gasteiger partial charge in [-0.15, -0.1) is 12.4 Å². The summed E-state index contributed by atoms with van der Waals surface area (Å²) in [7, 11) is 1.65. The van der Waals surface area contributed by atoms with E-state index in [1.807, 2.05) is 12.1 Å². The van der Waals surface area contributed by atoms with Gasteiger partial charge in [-0.3, -0.25) is 9.89 Å². The third-order valence-corrected chi connectivity index (χ3v) is 3.30. The van der Waals surface area contributed by atoms with Crippen LogP contribution in [0.15, 0.2) is 30.5 Å². The number of nitrogens with one attached hydrogen (secondary N) is 3. The summed E-state index contributed by atoms with van der Waals surface area (Å²) < 4.78 is 4.93. The normalized spacial score (nSPS) is 10.2. The Morgan fingerprint density at radius 3 is 2.91 bits per heavy atom. The highest BCUT2D eigenvalue weighted by molar-refractivity contribution is 6.30. The van der Waals surface area contributed by atoms with E-state index in [0.29, 0.717) is 36.0 Å². The first-order valence-electron chi connectivity index (χ1n) is 6.99. The van der Waals surface area contributed by atoms with E-state index in [2.05, 4.69) is 20.8 Å². The van der Waals surface area contributed by atoms with Crippen molar-refractivity contribution in [3.8, 4) is 11.3 Å². The number of amides is 1. The maximum absolute atomic E-state index is 12.2. The molecule has 0 aliphatic carbocycles. The number of aromatic nitrogens is 2.